The fourth-order valence-electron chi connectivity index (χ4n) is 3.48. The van der Waals surface area contributed by atoms with Crippen LogP contribution >= 0.6 is 39.1 Å². The second-order valence-corrected chi connectivity index (χ2v) is 11.5. The molecule has 0 aliphatic carbocycles. The molecule has 190 valence electrons. The number of carbonyl (C=O) groups is 2. The Labute approximate surface area is 229 Å². The van der Waals surface area contributed by atoms with Crippen molar-refractivity contribution < 1.29 is 18.0 Å². The monoisotopic (exact) mass is 611 g/mol. The molecule has 0 aliphatic heterocycles. The van der Waals surface area contributed by atoms with E-state index >= 15 is 0 Å². The fourth-order valence-corrected chi connectivity index (χ4v) is 5.65. The van der Waals surface area contributed by atoms with E-state index in [4.69, 9.17) is 23.2 Å². The lowest BCUT2D eigenvalue weighted by Crippen LogP contribution is -2.50. The van der Waals surface area contributed by atoms with Crippen LogP contribution in [0.25, 0.3) is 0 Å². The first-order valence-corrected chi connectivity index (χ1v) is 13.8. The van der Waals surface area contributed by atoms with E-state index in [-0.39, 0.29) is 11.4 Å². The molecular weight excluding hydrogens is 589 g/mol. The Hall–Kier alpha value is -2.59. The molecule has 7 nitrogen and oxygen atoms in total. The van der Waals surface area contributed by atoms with Gasteiger partial charge in [0.1, 0.15) is 12.6 Å². The van der Waals surface area contributed by atoms with E-state index in [1.807, 2.05) is 0 Å². The average molecular weight is 613 g/mol. The number of halogens is 3. The Kier molecular flexibility index (Phi) is 9.41. The van der Waals surface area contributed by atoms with Crippen molar-refractivity contribution in [3.05, 3.63) is 92.9 Å². The van der Waals surface area contributed by atoms with Crippen molar-refractivity contribution in [1.29, 1.82) is 0 Å². The SMILES string of the molecule is CNC(=O)[C@H](C)N(Cc1ccc(Cl)cc1Cl)C(=O)CN(c1ccc(Br)cc1)S(=O)(=O)c1ccccc1. The molecule has 3 aromatic carbocycles. The number of sulfonamides is 1. The van der Waals surface area contributed by atoms with Gasteiger partial charge in [0.25, 0.3) is 10.0 Å². The lowest BCUT2D eigenvalue weighted by Gasteiger charge is -2.32. The van der Waals surface area contributed by atoms with Crippen LogP contribution in [0.2, 0.25) is 10.0 Å². The van der Waals surface area contributed by atoms with Crippen molar-refractivity contribution in [2.24, 2.45) is 0 Å². The number of hydrogen-bond donors (Lipinski definition) is 1. The summed E-state index contributed by atoms with van der Waals surface area (Å²) in [6, 6.07) is 18.3. The molecule has 0 aliphatic rings. The first kappa shape index (κ1) is 28.0. The Balaban J connectivity index is 2.03. The third-order valence-corrected chi connectivity index (χ3v) is 8.40. The van der Waals surface area contributed by atoms with Gasteiger partial charge in [0.2, 0.25) is 11.8 Å². The maximum atomic E-state index is 13.7. The zero-order valence-corrected chi connectivity index (χ0v) is 23.4. The smallest absolute Gasteiger partial charge is 0.264 e. The van der Waals surface area contributed by atoms with Crippen LogP contribution < -0.4 is 9.62 Å². The third kappa shape index (κ3) is 6.59. The summed E-state index contributed by atoms with van der Waals surface area (Å²) in [4.78, 5) is 27.5. The van der Waals surface area contributed by atoms with E-state index < -0.39 is 34.4 Å². The van der Waals surface area contributed by atoms with E-state index in [2.05, 4.69) is 21.2 Å². The maximum Gasteiger partial charge on any atom is 0.264 e. The van der Waals surface area contributed by atoms with E-state index in [0.29, 0.717) is 21.3 Å². The molecule has 11 heteroatoms. The van der Waals surface area contributed by atoms with Gasteiger partial charge in [0.15, 0.2) is 0 Å². The van der Waals surface area contributed by atoms with Crippen LogP contribution in [0.3, 0.4) is 0 Å². The molecule has 3 aromatic rings. The number of amides is 2. The number of nitrogens with one attached hydrogen (secondary N) is 1. The van der Waals surface area contributed by atoms with Gasteiger partial charge in [-0.25, -0.2) is 8.42 Å². The van der Waals surface area contributed by atoms with Crippen molar-refractivity contribution in [3.63, 3.8) is 0 Å². The van der Waals surface area contributed by atoms with Gasteiger partial charge in [-0.05, 0) is 61.0 Å². The zero-order valence-electron chi connectivity index (χ0n) is 19.5. The normalized spacial score (nSPS) is 12.0. The molecule has 36 heavy (non-hydrogen) atoms. The minimum Gasteiger partial charge on any atom is -0.357 e. The Morgan fingerprint density at radius 2 is 1.64 bits per heavy atom. The molecule has 0 radical (unpaired) electrons. The number of rotatable bonds is 9. The summed E-state index contributed by atoms with van der Waals surface area (Å²) in [5.74, 6) is -0.992. The molecule has 0 saturated carbocycles. The van der Waals surface area contributed by atoms with Crippen molar-refractivity contribution in [1.82, 2.24) is 10.2 Å². The molecule has 0 unspecified atom stereocenters. The van der Waals surface area contributed by atoms with Crippen LogP contribution in [-0.2, 0) is 26.2 Å². The van der Waals surface area contributed by atoms with Crippen LogP contribution in [0.5, 0.6) is 0 Å². The second-order valence-electron chi connectivity index (χ2n) is 7.85. The standard InChI is InChI=1S/C25H24BrCl2N3O4S/c1-17(25(33)29-2)30(15-18-8-11-20(27)14-23(18)28)24(32)16-31(21-12-9-19(26)10-13-21)36(34,35)22-6-4-3-5-7-22/h3-14,17H,15-16H2,1-2H3,(H,29,33)/t17-/m0/s1. The summed E-state index contributed by atoms with van der Waals surface area (Å²) in [7, 11) is -2.64. The Bertz CT molecular complexity index is 1340. The van der Waals surface area contributed by atoms with Gasteiger partial charge in [0.05, 0.1) is 10.6 Å². The number of carbonyl (C=O) groups excluding carboxylic acids is 2. The van der Waals surface area contributed by atoms with Crippen LogP contribution in [-0.4, -0.2) is 44.8 Å². The molecule has 0 bridgehead atoms. The average Bonchev–Trinajstić information content (AvgIpc) is 2.87. The fraction of sp³-hybridized carbons (Fsp3) is 0.200. The Morgan fingerprint density at radius 1 is 1.00 bits per heavy atom. The minimum atomic E-state index is -4.11. The lowest BCUT2D eigenvalue weighted by atomic mass is 10.1. The molecule has 0 heterocycles. The molecule has 3 rings (SSSR count). The number of likely N-dealkylation sites (N-methyl/N-ethyl adjacent to an activating group) is 1. The molecule has 0 saturated heterocycles. The van der Waals surface area contributed by atoms with E-state index in [9.17, 15) is 18.0 Å². The minimum absolute atomic E-state index is 0.0248. The highest BCUT2D eigenvalue weighted by Crippen LogP contribution is 2.27. The maximum absolute atomic E-state index is 13.7. The first-order chi connectivity index (χ1) is 17.0. The van der Waals surface area contributed by atoms with Crippen molar-refractivity contribution in [2.45, 2.75) is 24.4 Å². The van der Waals surface area contributed by atoms with Crippen molar-refractivity contribution >= 4 is 66.7 Å². The second kappa shape index (κ2) is 12.1. The molecule has 0 spiro atoms. The van der Waals surface area contributed by atoms with Crippen molar-refractivity contribution in [2.75, 3.05) is 17.9 Å². The highest BCUT2D eigenvalue weighted by atomic mass is 79.9. The molecule has 1 N–H and O–H groups in total. The largest absolute Gasteiger partial charge is 0.357 e. The highest BCUT2D eigenvalue weighted by molar-refractivity contribution is 9.10. The van der Waals surface area contributed by atoms with Gasteiger partial charge < -0.3 is 10.2 Å². The summed E-state index contributed by atoms with van der Waals surface area (Å²) in [5, 5.41) is 3.29. The van der Waals surface area contributed by atoms with E-state index in [1.54, 1.807) is 67.6 Å². The molecule has 2 amide bonds. The topological polar surface area (TPSA) is 86.8 Å². The Morgan fingerprint density at radius 3 is 2.22 bits per heavy atom. The number of anilines is 1. The first-order valence-electron chi connectivity index (χ1n) is 10.8. The summed E-state index contributed by atoms with van der Waals surface area (Å²) >= 11 is 15.7. The summed E-state index contributed by atoms with van der Waals surface area (Å²) < 4.78 is 29.0. The summed E-state index contributed by atoms with van der Waals surface area (Å²) in [5.41, 5.74) is 0.860. The lowest BCUT2D eigenvalue weighted by molar-refractivity contribution is -0.139. The number of nitrogens with zero attached hydrogens (tertiary/aromatic N) is 2. The van der Waals surface area contributed by atoms with Gasteiger partial charge in [-0.3, -0.25) is 13.9 Å². The van der Waals surface area contributed by atoms with Crippen LogP contribution in [0.15, 0.2) is 82.2 Å². The zero-order chi connectivity index (χ0) is 26.5. The van der Waals surface area contributed by atoms with Gasteiger partial charge >= 0.3 is 0 Å². The number of hydrogen-bond acceptors (Lipinski definition) is 4. The molecule has 0 aromatic heterocycles. The van der Waals surface area contributed by atoms with Gasteiger partial charge in [0, 0.05) is 28.1 Å². The highest BCUT2D eigenvalue weighted by Gasteiger charge is 2.32. The summed E-state index contributed by atoms with van der Waals surface area (Å²) in [6.07, 6.45) is 0. The van der Waals surface area contributed by atoms with Gasteiger partial charge in [-0.15, -0.1) is 0 Å². The predicted octanol–water partition coefficient (Wildman–Crippen LogP) is 5.11. The van der Waals surface area contributed by atoms with E-state index in [1.165, 1.54) is 24.1 Å². The van der Waals surface area contributed by atoms with Crippen LogP contribution in [0.4, 0.5) is 5.69 Å². The quantitative estimate of drug-likeness (QED) is 0.364. The predicted molar refractivity (Wildman–Crippen MR) is 146 cm³/mol. The summed E-state index contributed by atoms with van der Waals surface area (Å²) in [6.45, 7) is 1.00. The van der Waals surface area contributed by atoms with Crippen LogP contribution in [0, 0.1) is 0 Å². The number of benzene rings is 3. The van der Waals surface area contributed by atoms with Gasteiger partial charge in [-0.1, -0.05) is 63.4 Å². The third-order valence-electron chi connectivity index (χ3n) is 5.49. The molecule has 0 fully saturated rings. The van der Waals surface area contributed by atoms with Crippen molar-refractivity contribution in [3.8, 4) is 0 Å². The molecular formula is C25H24BrCl2N3O4S. The van der Waals surface area contributed by atoms with Gasteiger partial charge in [-0.2, -0.15) is 0 Å². The van der Waals surface area contributed by atoms with Crippen LogP contribution in [0.1, 0.15) is 12.5 Å². The molecule has 1 atom stereocenters. The van der Waals surface area contributed by atoms with E-state index in [0.717, 1.165) is 8.78 Å².